The number of carbonyl (C=O) groups excluding carboxylic acids is 2. The van der Waals surface area contributed by atoms with Crippen molar-refractivity contribution in [3.63, 3.8) is 0 Å². The number of carbonyl (C=O) groups is 2. The maximum absolute atomic E-state index is 13.8. The lowest BCUT2D eigenvalue weighted by molar-refractivity contribution is -0.150. The van der Waals surface area contributed by atoms with E-state index in [1.54, 1.807) is 19.1 Å². The summed E-state index contributed by atoms with van der Waals surface area (Å²) < 4.78 is 5.32. The molecule has 1 saturated carbocycles. The number of esters is 1. The zero-order chi connectivity index (χ0) is 22.7. The highest BCUT2D eigenvalue weighted by Crippen LogP contribution is 2.46. The molecule has 4 rings (SSSR count). The van der Waals surface area contributed by atoms with Crippen LogP contribution in [0.2, 0.25) is 10.0 Å². The first-order valence-electron chi connectivity index (χ1n) is 11.2. The SMILES string of the molecule is CCOC(=O)CN(C1CCCCC1)C1(Cc2cccc(Cl)c2)C(=O)Nc2cc(Cl)ccc21. The smallest absolute Gasteiger partial charge is 0.320 e. The summed E-state index contributed by atoms with van der Waals surface area (Å²) in [6.45, 7) is 2.15. The van der Waals surface area contributed by atoms with Gasteiger partial charge in [0.2, 0.25) is 5.91 Å². The summed E-state index contributed by atoms with van der Waals surface area (Å²) in [7, 11) is 0. The maximum Gasteiger partial charge on any atom is 0.320 e. The van der Waals surface area contributed by atoms with Gasteiger partial charge < -0.3 is 10.1 Å². The van der Waals surface area contributed by atoms with Crippen molar-refractivity contribution in [2.45, 2.75) is 57.0 Å². The molecule has 1 atom stereocenters. The largest absolute Gasteiger partial charge is 0.465 e. The summed E-state index contributed by atoms with van der Waals surface area (Å²) in [6.07, 6.45) is 5.59. The number of hydrogen-bond acceptors (Lipinski definition) is 4. The minimum absolute atomic E-state index is 0.0502. The van der Waals surface area contributed by atoms with Crippen LogP contribution in [0.4, 0.5) is 5.69 Å². The lowest BCUT2D eigenvalue weighted by atomic mass is 9.80. The van der Waals surface area contributed by atoms with E-state index in [1.807, 2.05) is 30.3 Å². The number of anilines is 1. The predicted octanol–water partition coefficient (Wildman–Crippen LogP) is 5.58. The molecule has 0 aromatic heterocycles. The molecular weight excluding hydrogens is 447 g/mol. The van der Waals surface area contributed by atoms with E-state index in [0.29, 0.717) is 28.8 Å². The number of fused-ring (bicyclic) bond motifs is 1. The monoisotopic (exact) mass is 474 g/mol. The molecule has 1 aliphatic carbocycles. The van der Waals surface area contributed by atoms with Crippen molar-refractivity contribution in [2.75, 3.05) is 18.5 Å². The molecule has 2 aromatic carbocycles. The van der Waals surface area contributed by atoms with Crippen molar-refractivity contribution in [1.82, 2.24) is 4.90 Å². The van der Waals surface area contributed by atoms with Crippen molar-refractivity contribution in [1.29, 1.82) is 0 Å². The predicted molar refractivity (Wildman–Crippen MR) is 127 cm³/mol. The van der Waals surface area contributed by atoms with Gasteiger partial charge >= 0.3 is 5.97 Å². The Morgan fingerprint density at radius 2 is 1.88 bits per heavy atom. The number of amides is 1. The molecular formula is C25H28Cl2N2O3. The molecule has 1 N–H and O–H groups in total. The highest BCUT2D eigenvalue weighted by atomic mass is 35.5. The molecule has 0 radical (unpaired) electrons. The minimum atomic E-state index is -1.06. The second-order valence-electron chi connectivity index (χ2n) is 8.54. The summed E-state index contributed by atoms with van der Waals surface area (Å²) in [4.78, 5) is 28.6. The highest BCUT2D eigenvalue weighted by Gasteiger charge is 2.53. The first-order chi connectivity index (χ1) is 15.4. The number of halogens is 2. The molecule has 1 aliphatic heterocycles. The zero-order valence-electron chi connectivity index (χ0n) is 18.2. The molecule has 0 spiro atoms. The van der Waals surface area contributed by atoms with E-state index in [9.17, 15) is 9.59 Å². The summed E-state index contributed by atoms with van der Waals surface area (Å²) in [5, 5.41) is 4.20. The molecule has 5 nitrogen and oxygen atoms in total. The van der Waals surface area contributed by atoms with Gasteiger partial charge in [-0.05, 0) is 49.6 Å². The van der Waals surface area contributed by atoms with Crippen molar-refractivity contribution >= 4 is 40.8 Å². The topological polar surface area (TPSA) is 58.6 Å². The summed E-state index contributed by atoms with van der Waals surface area (Å²) in [5.41, 5.74) is 1.40. The minimum Gasteiger partial charge on any atom is -0.465 e. The van der Waals surface area contributed by atoms with Crippen LogP contribution in [-0.2, 0) is 26.3 Å². The van der Waals surface area contributed by atoms with Gasteiger partial charge in [-0.2, -0.15) is 0 Å². The van der Waals surface area contributed by atoms with Gasteiger partial charge in [-0.3, -0.25) is 14.5 Å². The van der Waals surface area contributed by atoms with Crippen molar-refractivity contribution in [2.24, 2.45) is 0 Å². The van der Waals surface area contributed by atoms with E-state index >= 15 is 0 Å². The Morgan fingerprint density at radius 1 is 1.12 bits per heavy atom. The molecule has 1 heterocycles. The normalized spacial score (nSPS) is 20.8. The lowest BCUT2D eigenvalue weighted by Crippen LogP contribution is -2.58. The standard InChI is InChI=1S/C25H28Cl2N2O3/c1-2-32-23(30)16-29(20-9-4-3-5-10-20)25(15-17-7-6-8-18(26)13-17)21-12-11-19(27)14-22(21)28-24(25)31/h6-8,11-14,20H,2-5,9-10,15-16H2,1H3,(H,28,31). The number of rotatable bonds is 7. The van der Waals surface area contributed by atoms with Crippen molar-refractivity contribution in [3.05, 3.63) is 63.6 Å². The molecule has 1 fully saturated rings. The molecule has 1 unspecified atom stereocenters. The second kappa shape index (κ2) is 9.82. The molecule has 7 heteroatoms. The van der Waals surface area contributed by atoms with Gasteiger partial charge in [-0.1, -0.05) is 60.7 Å². The number of ether oxygens (including phenoxy) is 1. The number of benzene rings is 2. The van der Waals surface area contributed by atoms with Gasteiger partial charge in [0.05, 0.1) is 13.2 Å². The second-order valence-corrected chi connectivity index (χ2v) is 9.41. The van der Waals surface area contributed by atoms with Gasteiger partial charge in [-0.25, -0.2) is 0 Å². The number of nitrogens with one attached hydrogen (secondary N) is 1. The highest BCUT2D eigenvalue weighted by molar-refractivity contribution is 6.31. The van der Waals surface area contributed by atoms with Crippen LogP contribution in [0.15, 0.2) is 42.5 Å². The van der Waals surface area contributed by atoms with Gasteiger partial charge in [0, 0.05) is 33.8 Å². The fourth-order valence-electron chi connectivity index (χ4n) is 5.15. The molecule has 32 heavy (non-hydrogen) atoms. The van der Waals surface area contributed by atoms with E-state index in [-0.39, 0.29) is 24.5 Å². The Hall–Kier alpha value is -2.08. The van der Waals surface area contributed by atoms with Gasteiger partial charge in [0.1, 0.15) is 5.54 Å². The molecule has 2 aromatic rings. The van der Waals surface area contributed by atoms with Crippen molar-refractivity contribution < 1.29 is 14.3 Å². The maximum atomic E-state index is 13.8. The summed E-state index contributed by atoms with van der Waals surface area (Å²) >= 11 is 12.5. The van der Waals surface area contributed by atoms with Gasteiger partial charge in [0.15, 0.2) is 0 Å². The third-order valence-corrected chi connectivity index (χ3v) is 6.98. The molecule has 1 amide bonds. The zero-order valence-corrected chi connectivity index (χ0v) is 19.7. The van der Waals surface area contributed by atoms with Gasteiger partial charge in [0.25, 0.3) is 0 Å². The van der Waals surface area contributed by atoms with Crippen LogP contribution in [0.3, 0.4) is 0 Å². The van der Waals surface area contributed by atoms with Crippen LogP contribution in [0, 0.1) is 0 Å². The average Bonchev–Trinajstić information content (AvgIpc) is 3.03. The molecule has 170 valence electrons. The van der Waals surface area contributed by atoms with E-state index in [1.165, 1.54) is 6.42 Å². The van der Waals surface area contributed by atoms with Crippen molar-refractivity contribution in [3.8, 4) is 0 Å². The Balaban J connectivity index is 1.86. The summed E-state index contributed by atoms with van der Waals surface area (Å²) in [6, 6.07) is 13.1. The third kappa shape index (κ3) is 4.52. The number of hydrogen-bond donors (Lipinski definition) is 1. The van der Waals surface area contributed by atoms with E-state index < -0.39 is 5.54 Å². The average molecular weight is 475 g/mol. The summed E-state index contributed by atoms with van der Waals surface area (Å²) in [5.74, 6) is -0.469. The third-order valence-electron chi connectivity index (χ3n) is 6.51. The molecule has 0 saturated heterocycles. The lowest BCUT2D eigenvalue weighted by Gasteiger charge is -2.45. The van der Waals surface area contributed by atoms with Crippen LogP contribution in [0.25, 0.3) is 0 Å². The van der Waals surface area contributed by atoms with E-state index in [2.05, 4.69) is 10.2 Å². The molecule has 2 aliphatic rings. The fraction of sp³-hybridized carbons (Fsp3) is 0.440. The molecule has 0 bridgehead atoms. The first-order valence-corrected chi connectivity index (χ1v) is 12.0. The van der Waals surface area contributed by atoms with Crippen LogP contribution in [-0.4, -0.2) is 36.0 Å². The van der Waals surface area contributed by atoms with Crippen LogP contribution < -0.4 is 5.32 Å². The van der Waals surface area contributed by atoms with Crippen LogP contribution in [0.5, 0.6) is 0 Å². The Labute approximate surface area is 199 Å². The van der Waals surface area contributed by atoms with E-state index in [4.69, 9.17) is 27.9 Å². The van der Waals surface area contributed by atoms with Crippen LogP contribution in [0.1, 0.15) is 50.2 Å². The van der Waals surface area contributed by atoms with Gasteiger partial charge in [-0.15, -0.1) is 0 Å². The quantitative estimate of drug-likeness (QED) is 0.531. The first kappa shape index (κ1) is 23.1. The Bertz CT molecular complexity index is 1010. The Morgan fingerprint density at radius 3 is 2.59 bits per heavy atom. The van der Waals surface area contributed by atoms with E-state index in [0.717, 1.165) is 36.8 Å². The Kier molecular flexibility index (Phi) is 7.08. The van der Waals surface area contributed by atoms with Crippen LogP contribution >= 0.6 is 23.2 Å². The fourth-order valence-corrected chi connectivity index (χ4v) is 5.53. The number of nitrogens with zero attached hydrogens (tertiary/aromatic N) is 1.